The summed E-state index contributed by atoms with van der Waals surface area (Å²) >= 11 is 3.05. The van der Waals surface area contributed by atoms with Crippen molar-refractivity contribution in [1.82, 2.24) is 0 Å². The van der Waals surface area contributed by atoms with Gasteiger partial charge in [0.25, 0.3) is 0 Å². The van der Waals surface area contributed by atoms with Crippen LogP contribution in [-0.2, 0) is 0 Å². The minimum atomic E-state index is -0.396. The lowest BCUT2D eigenvalue weighted by molar-refractivity contribution is 0.101. The maximum atomic E-state index is 13.4. The molecule has 2 nitrogen and oxygen atoms in total. The van der Waals surface area contributed by atoms with Gasteiger partial charge in [-0.3, -0.25) is 4.79 Å². The molecule has 1 aromatic carbocycles. The van der Waals surface area contributed by atoms with Crippen molar-refractivity contribution in [3.05, 3.63) is 27.5 Å². The maximum Gasteiger partial charge on any atom is 0.163 e. The second kappa shape index (κ2) is 4.09. The standard InChI is InChI=1S/C10H10BrFO2/c1-5-9(12)8(11)4-7(6(2)13)10(5)14-3/h4H,1-3H3. The van der Waals surface area contributed by atoms with E-state index in [1.807, 2.05) is 0 Å². The number of Topliss-reactive ketones (excluding diaryl/α,β-unsaturated/α-hetero) is 1. The van der Waals surface area contributed by atoms with E-state index in [4.69, 9.17) is 4.74 Å². The number of benzene rings is 1. The molecule has 0 atom stereocenters. The first-order valence-corrected chi connectivity index (χ1v) is 4.81. The number of hydrogen-bond donors (Lipinski definition) is 0. The van der Waals surface area contributed by atoms with E-state index in [-0.39, 0.29) is 10.3 Å². The van der Waals surface area contributed by atoms with Crippen LogP contribution in [0.3, 0.4) is 0 Å². The number of ketones is 1. The molecule has 0 saturated carbocycles. The molecule has 0 N–H and O–H groups in total. The third kappa shape index (κ3) is 1.80. The number of carbonyl (C=O) groups excluding carboxylic acids is 1. The summed E-state index contributed by atoms with van der Waals surface area (Å²) in [6.45, 7) is 2.99. The molecule has 0 aliphatic rings. The Morgan fingerprint density at radius 3 is 2.57 bits per heavy atom. The summed E-state index contributed by atoms with van der Waals surface area (Å²) in [6.07, 6.45) is 0. The van der Waals surface area contributed by atoms with E-state index in [1.165, 1.54) is 20.1 Å². The van der Waals surface area contributed by atoms with Gasteiger partial charge in [0, 0.05) is 5.56 Å². The Labute approximate surface area is 90.2 Å². The van der Waals surface area contributed by atoms with Crippen molar-refractivity contribution < 1.29 is 13.9 Å². The first-order valence-electron chi connectivity index (χ1n) is 4.02. The predicted molar refractivity (Wildman–Crippen MR) is 55.4 cm³/mol. The molecule has 4 heteroatoms. The van der Waals surface area contributed by atoms with Crippen LogP contribution in [0.15, 0.2) is 10.5 Å². The molecule has 76 valence electrons. The first-order chi connectivity index (χ1) is 6.49. The van der Waals surface area contributed by atoms with Gasteiger partial charge in [-0.05, 0) is 35.8 Å². The average molecular weight is 261 g/mol. The van der Waals surface area contributed by atoms with E-state index in [9.17, 15) is 9.18 Å². The van der Waals surface area contributed by atoms with Gasteiger partial charge in [-0.1, -0.05) is 0 Å². The molecule has 14 heavy (non-hydrogen) atoms. The zero-order valence-electron chi connectivity index (χ0n) is 8.15. The lowest BCUT2D eigenvalue weighted by Crippen LogP contribution is -2.02. The molecular formula is C10H10BrFO2. The minimum Gasteiger partial charge on any atom is -0.496 e. The van der Waals surface area contributed by atoms with Gasteiger partial charge in [0.05, 0.1) is 17.1 Å². The van der Waals surface area contributed by atoms with Crippen molar-refractivity contribution >= 4 is 21.7 Å². The summed E-state index contributed by atoms with van der Waals surface area (Å²) in [7, 11) is 1.42. The summed E-state index contributed by atoms with van der Waals surface area (Å²) < 4.78 is 18.7. The Bertz CT molecular complexity index is 388. The molecule has 0 aliphatic carbocycles. The van der Waals surface area contributed by atoms with E-state index in [0.29, 0.717) is 16.9 Å². The fourth-order valence-electron chi connectivity index (χ4n) is 1.26. The zero-order valence-corrected chi connectivity index (χ0v) is 9.74. The van der Waals surface area contributed by atoms with Crippen LogP contribution >= 0.6 is 15.9 Å². The van der Waals surface area contributed by atoms with Gasteiger partial charge < -0.3 is 4.74 Å². The average Bonchev–Trinajstić information content (AvgIpc) is 2.13. The number of halogens is 2. The van der Waals surface area contributed by atoms with Crippen molar-refractivity contribution in [3.63, 3.8) is 0 Å². The Morgan fingerprint density at radius 2 is 2.14 bits per heavy atom. The second-order valence-corrected chi connectivity index (χ2v) is 3.79. The third-order valence-corrected chi connectivity index (χ3v) is 2.56. The molecule has 0 saturated heterocycles. The molecule has 0 bridgehead atoms. The lowest BCUT2D eigenvalue weighted by atomic mass is 10.1. The Kier molecular flexibility index (Phi) is 3.26. The molecular weight excluding hydrogens is 251 g/mol. The molecule has 0 unspecified atom stereocenters. The number of carbonyl (C=O) groups is 1. The van der Waals surface area contributed by atoms with Gasteiger partial charge in [0.2, 0.25) is 0 Å². The zero-order chi connectivity index (χ0) is 10.9. The normalized spacial score (nSPS) is 10.1. The number of methoxy groups -OCH3 is 1. The van der Waals surface area contributed by atoms with E-state index in [1.54, 1.807) is 6.92 Å². The van der Waals surface area contributed by atoms with Gasteiger partial charge in [0.1, 0.15) is 11.6 Å². The van der Waals surface area contributed by atoms with Crippen LogP contribution in [0.25, 0.3) is 0 Å². The topological polar surface area (TPSA) is 26.3 Å². The summed E-state index contributed by atoms with van der Waals surface area (Å²) in [5.74, 6) is -0.240. The van der Waals surface area contributed by atoms with Crippen molar-refractivity contribution in [1.29, 1.82) is 0 Å². The molecule has 0 fully saturated rings. The van der Waals surface area contributed by atoms with Crippen LogP contribution in [0.1, 0.15) is 22.8 Å². The first kappa shape index (κ1) is 11.2. The highest BCUT2D eigenvalue weighted by Crippen LogP contribution is 2.31. The van der Waals surface area contributed by atoms with Crippen molar-refractivity contribution in [2.75, 3.05) is 7.11 Å². The van der Waals surface area contributed by atoms with Crippen molar-refractivity contribution in [2.45, 2.75) is 13.8 Å². The summed E-state index contributed by atoms with van der Waals surface area (Å²) in [6, 6.07) is 1.43. The highest BCUT2D eigenvalue weighted by atomic mass is 79.9. The van der Waals surface area contributed by atoms with Crippen LogP contribution in [0.5, 0.6) is 5.75 Å². The van der Waals surface area contributed by atoms with E-state index >= 15 is 0 Å². The molecule has 1 rings (SSSR count). The largest absolute Gasteiger partial charge is 0.496 e. The summed E-state index contributed by atoms with van der Waals surface area (Å²) in [5.41, 5.74) is 0.727. The van der Waals surface area contributed by atoms with Gasteiger partial charge in [-0.15, -0.1) is 0 Å². The smallest absolute Gasteiger partial charge is 0.163 e. The van der Waals surface area contributed by atoms with Gasteiger partial charge in [0.15, 0.2) is 5.78 Å². The fraction of sp³-hybridized carbons (Fsp3) is 0.300. The third-order valence-electron chi connectivity index (χ3n) is 1.98. The molecule has 0 heterocycles. The van der Waals surface area contributed by atoms with Crippen LogP contribution in [0.4, 0.5) is 4.39 Å². The van der Waals surface area contributed by atoms with Crippen molar-refractivity contribution in [3.8, 4) is 5.75 Å². The number of hydrogen-bond acceptors (Lipinski definition) is 2. The Hall–Kier alpha value is -0.900. The second-order valence-electron chi connectivity index (χ2n) is 2.93. The molecule has 0 radical (unpaired) electrons. The number of rotatable bonds is 2. The van der Waals surface area contributed by atoms with Crippen molar-refractivity contribution in [2.24, 2.45) is 0 Å². The fourth-order valence-corrected chi connectivity index (χ4v) is 1.79. The molecule has 1 aromatic rings. The minimum absolute atomic E-state index is 0.148. The van der Waals surface area contributed by atoms with Crippen LogP contribution in [0, 0.1) is 12.7 Å². The van der Waals surface area contributed by atoms with E-state index in [2.05, 4.69) is 15.9 Å². The Balaban J connectivity index is 3.51. The maximum absolute atomic E-state index is 13.4. The van der Waals surface area contributed by atoms with Crippen LogP contribution in [-0.4, -0.2) is 12.9 Å². The van der Waals surface area contributed by atoms with Crippen LogP contribution < -0.4 is 4.74 Å². The highest BCUT2D eigenvalue weighted by molar-refractivity contribution is 9.10. The predicted octanol–water partition coefficient (Wildman–Crippen LogP) is 3.11. The molecule has 0 aliphatic heterocycles. The Morgan fingerprint density at radius 1 is 1.57 bits per heavy atom. The van der Waals surface area contributed by atoms with Gasteiger partial charge in [-0.25, -0.2) is 4.39 Å². The molecule has 0 spiro atoms. The van der Waals surface area contributed by atoms with E-state index in [0.717, 1.165) is 0 Å². The van der Waals surface area contributed by atoms with E-state index < -0.39 is 5.82 Å². The highest BCUT2D eigenvalue weighted by Gasteiger charge is 2.16. The van der Waals surface area contributed by atoms with Gasteiger partial charge >= 0.3 is 0 Å². The number of ether oxygens (including phenoxy) is 1. The summed E-state index contributed by atoms with van der Waals surface area (Å²) in [4.78, 5) is 11.2. The summed E-state index contributed by atoms with van der Waals surface area (Å²) in [5, 5.41) is 0. The lowest BCUT2D eigenvalue weighted by Gasteiger charge is -2.11. The molecule has 0 aromatic heterocycles. The SMILES string of the molecule is COc1c(C(C)=O)cc(Br)c(F)c1C. The molecule has 0 amide bonds. The monoisotopic (exact) mass is 260 g/mol. The van der Waals surface area contributed by atoms with Gasteiger partial charge in [-0.2, -0.15) is 0 Å². The quantitative estimate of drug-likeness (QED) is 0.764. The van der Waals surface area contributed by atoms with Crippen LogP contribution in [0.2, 0.25) is 0 Å².